The summed E-state index contributed by atoms with van der Waals surface area (Å²) in [4.78, 5) is 13.7. The smallest absolute Gasteiger partial charge is 0.234 e. The van der Waals surface area contributed by atoms with Gasteiger partial charge in [-0.3, -0.25) is 9.69 Å². The zero-order chi connectivity index (χ0) is 10.9. The number of carbonyl (C=O) groups excluding carboxylic acids is 1. The molecule has 2 rings (SSSR count). The number of nitrogens with one attached hydrogen (secondary N) is 1. The van der Waals surface area contributed by atoms with Gasteiger partial charge in [0.15, 0.2) is 0 Å². The van der Waals surface area contributed by atoms with Gasteiger partial charge in [-0.2, -0.15) is 0 Å². The van der Waals surface area contributed by atoms with Crippen LogP contribution in [0.3, 0.4) is 0 Å². The number of piperazine rings is 1. The van der Waals surface area contributed by atoms with Crippen molar-refractivity contribution in [2.45, 2.75) is 45.1 Å². The van der Waals surface area contributed by atoms with Crippen LogP contribution in [-0.4, -0.2) is 36.0 Å². The van der Waals surface area contributed by atoms with Crippen molar-refractivity contribution in [2.75, 3.05) is 19.6 Å². The number of rotatable bonds is 3. The minimum Gasteiger partial charge on any atom is -0.353 e. The van der Waals surface area contributed by atoms with Crippen LogP contribution in [0.2, 0.25) is 0 Å². The zero-order valence-corrected chi connectivity index (χ0v) is 9.88. The van der Waals surface area contributed by atoms with Crippen LogP contribution in [0.1, 0.15) is 39.5 Å². The lowest BCUT2D eigenvalue weighted by molar-refractivity contribution is -0.127. The van der Waals surface area contributed by atoms with E-state index in [9.17, 15) is 4.79 Å². The number of hydrogen-bond donors (Lipinski definition) is 1. The summed E-state index contributed by atoms with van der Waals surface area (Å²) in [5.41, 5.74) is 0.137. The van der Waals surface area contributed by atoms with Crippen molar-refractivity contribution < 1.29 is 4.79 Å². The van der Waals surface area contributed by atoms with Crippen LogP contribution in [0.5, 0.6) is 0 Å². The largest absolute Gasteiger partial charge is 0.353 e. The highest BCUT2D eigenvalue weighted by molar-refractivity contribution is 5.79. The van der Waals surface area contributed by atoms with Gasteiger partial charge in [-0.25, -0.2) is 0 Å². The molecule has 0 spiro atoms. The van der Waals surface area contributed by atoms with Crippen molar-refractivity contribution in [3.05, 3.63) is 0 Å². The minimum absolute atomic E-state index is 0.137. The van der Waals surface area contributed by atoms with Crippen molar-refractivity contribution in [3.63, 3.8) is 0 Å². The molecule has 1 amide bonds. The summed E-state index contributed by atoms with van der Waals surface area (Å²) in [6, 6.07) is 0. The van der Waals surface area contributed by atoms with Gasteiger partial charge in [0.1, 0.15) is 0 Å². The molecule has 3 heteroatoms. The topological polar surface area (TPSA) is 32.3 Å². The fourth-order valence-corrected chi connectivity index (χ4v) is 2.37. The Hall–Kier alpha value is -0.570. The lowest BCUT2D eigenvalue weighted by Gasteiger charge is -2.43. The van der Waals surface area contributed by atoms with Crippen LogP contribution in [0, 0.1) is 5.92 Å². The first kappa shape index (κ1) is 10.9. The predicted octanol–water partition coefficient (Wildman–Crippen LogP) is 1.39. The molecule has 0 aromatic rings. The minimum atomic E-state index is 0.137. The molecule has 0 aromatic carbocycles. The van der Waals surface area contributed by atoms with Gasteiger partial charge in [0.05, 0.1) is 6.54 Å². The van der Waals surface area contributed by atoms with Crippen LogP contribution in [-0.2, 0) is 4.79 Å². The molecule has 15 heavy (non-hydrogen) atoms. The van der Waals surface area contributed by atoms with Gasteiger partial charge in [0.2, 0.25) is 5.91 Å². The van der Waals surface area contributed by atoms with Gasteiger partial charge in [0.25, 0.3) is 0 Å². The number of amides is 1. The maximum Gasteiger partial charge on any atom is 0.234 e. The van der Waals surface area contributed by atoms with Gasteiger partial charge in [-0.15, -0.1) is 0 Å². The molecule has 2 aliphatic rings. The van der Waals surface area contributed by atoms with Gasteiger partial charge >= 0.3 is 0 Å². The van der Waals surface area contributed by atoms with E-state index >= 15 is 0 Å². The first-order valence-electron chi connectivity index (χ1n) is 6.10. The fraction of sp³-hybridized carbons (Fsp3) is 0.917. The Labute approximate surface area is 92.2 Å². The summed E-state index contributed by atoms with van der Waals surface area (Å²) in [5.74, 6) is 1.12. The molecule has 1 N–H and O–H groups in total. The molecular formula is C12H22N2O. The third-order valence-corrected chi connectivity index (χ3v) is 3.94. The highest BCUT2D eigenvalue weighted by Crippen LogP contribution is 2.30. The summed E-state index contributed by atoms with van der Waals surface area (Å²) in [5, 5.41) is 2.94. The Morgan fingerprint density at radius 2 is 2.20 bits per heavy atom. The summed E-state index contributed by atoms with van der Waals surface area (Å²) in [7, 11) is 0. The summed E-state index contributed by atoms with van der Waals surface area (Å²) in [6.07, 6.45) is 5.49. The second-order valence-electron chi connectivity index (χ2n) is 5.60. The van der Waals surface area contributed by atoms with Gasteiger partial charge in [-0.05, 0) is 32.7 Å². The molecule has 1 aliphatic carbocycles. The molecule has 0 aromatic heterocycles. The van der Waals surface area contributed by atoms with Crippen molar-refractivity contribution in [1.82, 2.24) is 10.2 Å². The number of hydrogen-bond acceptors (Lipinski definition) is 2. The van der Waals surface area contributed by atoms with Crippen molar-refractivity contribution in [2.24, 2.45) is 5.92 Å². The number of carbonyl (C=O) groups is 1. The van der Waals surface area contributed by atoms with Crippen molar-refractivity contribution in [1.29, 1.82) is 0 Å². The van der Waals surface area contributed by atoms with E-state index in [-0.39, 0.29) is 11.4 Å². The van der Waals surface area contributed by atoms with E-state index in [1.165, 1.54) is 25.7 Å². The van der Waals surface area contributed by atoms with Gasteiger partial charge in [-0.1, -0.05) is 19.3 Å². The highest BCUT2D eigenvalue weighted by atomic mass is 16.2. The fourth-order valence-electron chi connectivity index (χ4n) is 2.37. The van der Waals surface area contributed by atoms with E-state index in [0.29, 0.717) is 6.54 Å². The SMILES string of the molecule is CC1(C)CNC(=O)CN1CCC1CCC1. The number of nitrogens with zero attached hydrogens (tertiary/aromatic N) is 1. The molecule has 0 unspecified atom stereocenters. The lowest BCUT2D eigenvalue weighted by Crippen LogP contribution is -2.60. The lowest BCUT2D eigenvalue weighted by atomic mass is 9.82. The van der Waals surface area contributed by atoms with E-state index in [2.05, 4.69) is 24.1 Å². The highest BCUT2D eigenvalue weighted by Gasteiger charge is 2.33. The average molecular weight is 210 g/mol. The molecule has 0 atom stereocenters. The first-order valence-corrected chi connectivity index (χ1v) is 6.10. The Kier molecular flexibility index (Phi) is 3.01. The van der Waals surface area contributed by atoms with Crippen LogP contribution in [0.15, 0.2) is 0 Å². The summed E-state index contributed by atoms with van der Waals surface area (Å²) >= 11 is 0. The van der Waals surface area contributed by atoms with E-state index < -0.39 is 0 Å². The zero-order valence-electron chi connectivity index (χ0n) is 9.88. The molecule has 1 saturated heterocycles. The molecule has 0 bridgehead atoms. The van der Waals surface area contributed by atoms with Crippen molar-refractivity contribution >= 4 is 5.91 Å². The van der Waals surface area contributed by atoms with E-state index in [1.807, 2.05) is 0 Å². The normalized spacial score (nSPS) is 27.2. The summed E-state index contributed by atoms with van der Waals surface area (Å²) in [6.45, 7) is 6.89. The quantitative estimate of drug-likeness (QED) is 0.763. The van der Waals surface area contributed by atoms with E-state index in [1.54, 1.807) is 0 Å². The monoisotopic (exact) mass is 210 g/mol. The van der Waals surface area contributed by atoms with E-state index in [0.717, 1.165) is 19.0 Å². The maximum atomic E-state index is 11.3. The van der Waals surface area contributed by atoms with Gasteiger partial charge in [0, 0.05) is 12.1 Å². The molecule has 0 radical (unpaired) electrons. The predicted molar refractivity (Wildman–Crippen MR) is 60.6 cm³/mol. The molecule has 2 fully saturated rings. The van der Waals surface area contributed by atoms with E-state index in [4.69, 9.17) is 0 Å². The second kappa shape index (κ2) is 4.12. The van der Waals surface area contributed by atoms with Crippen molar-refractivity contribution in [3.8, 4) is 0 Å². The molecule has 1 saturated carbocycles. The average Bonchev–Trinajstić information content (AvgIpc) is 2.09. The molecule has 1 aliphatic heterocycles. The van der Waals surface area contributed by atoms with Crippen LogP contribution < -0.4 is 5.32 Å². The van der Waals surface area contributed by atoms with Crippen LogP contribution >= 0.6 is 0 Å². The Bertz CT molecular complexity index is 246. The van der Waals surface area contributed by atoms with Crippen LogP contribution in [0.4, 0.5) is 0 Å². The Morgan fingerprint density at radius 1 is 1.47 bits per heavy atom. The Balaban J connectivity index is 1.83. The maximum absolute atomic E-state index is 11.3. The Morgan fingerprint density at radius 3 is 2.80 bits per heavy atom. The molecule has 86 valence electrons. The third-order valence-electron chi connectivity index (χ3n) is 3.94. The summed E-state index contributed by atoms with van der Waals surface area (Å²) < 4.78 is 0. The first-order chi connectivity index (χ1) is 7.08. The molecule has 3 nitrogen and oxygen atoms in total. The molecular weight excluding hydrogens is 188 g/mol. The second-order valence-corrected chi connectivity index (χ2v) is 5.60. The third kappa shape index (κ3) is 2.51. The van der Waals surface area contributed by atoms with Crippen LogP contribution in [0.25, 0.3) is 0 Å². The molecule has 1 heterocycles. The standard InChI is InChI=1S/C12H22N2O/c1-12(2)9-13-11(15)8-14(12)7-6-10-4-3-5-10/h10H,3-9H2,1-2H3,(H,13,15). The van der Waals surface area contributed by atoms with Gasteiger partial charge < -0.3 is 5.32 Å².